The van der Waals surface area contributed by atoms with Gasteiger partial charge in [-0.25, -0.2) is 9.59 Å². The molecule has 0 aromatic rings. The summed E-state index contributed by atoms with van der Waals surface area (Å²) in [6.07, 6.45) is 4.54. The third kappa shape index (κ3) is 6.03. The zero-order chi connectivity index (χ0) is 11.8. The molecule has 1 fully saturated rings. The Hall–Kier alpha value is -1.14. The second kappa shape index (κ2) is 7.19. The van der Waals surface area contributed by atoms with Gasteiger partial charge in [0.25, 0.3) is 0 Å². The number of hydrogen-bond donors (Lipinski definition) is 4. The Kier molecular flexibility index (Phi) is 6.64. The molecule has 5 N–H and O–H groups in total. The second-order valence-electron chi connectivity index (χ2n) is 3.48. The van der Waals surface area contributed by atoms with Gasteiger partial charge in [0.1, 0.15) is 0 Å². The van der Waals surface area contributed by atoms with E-state index in [4.69, 9.17) is 30.6 Å². The van der Waals surface area contributed by atoms with E-state index >= 15 is 0 Å². The van der Waals surface area contributed by atoms with Crippen LogP contribution >= 0.6 is 0 Å². The lowest BCUT2D eigenvalue weighted by Gasteiger charge is -2.12. The van der Waals surface area contributed by atoms with Crippen LogP contribution in [0, 0.1) is 5.92 Å². The summed E-state index contributed by atoms with van der Waals surface area (Å²) in [4.78, 5) is 18.2. The number of carboxylic acids is 2. The lowest BCUT2D eigenvalue weighted by molar-refractivity contribution is -0.159. The number of aliphatic hydroxyl groups is 1. The number of carbonyl (C=O) groups is 2. The van der Waals surface area contributed by atoms with Gasteiger partial charge in [-0.15, -0.1) is 0 Å². The van der Waals surface area contributed by atoms with Crippen LogP contribution in [0.3, 0.4) is 0 Å². The minimum atomic E-state index is -1.82. The van der Waals surface area contributed by atoms with Crippen molar-refractivity contribution in [1.29, 1.82) is 0 Å². The zero-order valence-electron chi connectivity index (χ0n) is 8.43. The van der Waals surface area contributed by atoms with Crippen LogP contribution in [0.2, 0.25) is 0 Å². The van der Waals surface area contributed by atoms with E-state index < -0.39 is 11.9 Å². The topological polar surface area (TPSA) is 121 Å². The van der Waals surface area contributed by atoms with Gasteiger partial charge < -0.3 is 21.1 Å². The quantitative estimate of drug-likeness (QED) is 0.471. The number of rotatable bonds is 2. The molecule has 0 bridgehead atoms. The van der Waals surface area contributed by atoms with Crippen molar-refractivity contribution in [3.05, 3.63) is 0 Å². The molecule has 2 atom stereocenters. The van der Waals surface area contributed by atoms with E-state index in [0.29, 0.717) is 18.6 Å². The molecule has 1 aliphatic rings. The third-order valence-corrected chi connectivity index (χ3v) is 2.40. The van der Waals surface area contributed by atoms with Crippen molar-refractivity contribution in [2.75, 3.05) is 6.61 Å². The van der Waals surface area contributed by atoms with E-state index in [9.17, 15) is 0 Å². The second-order valence-corrected chi connectivity index (χ2v) is 3.48. The molecule has 0 radical (unpaired) electrons. The fourth-order valence-electron chi connectivity index (χ4n) is 1.59. The van der Waals surface area contributed by atoms with Crippen LogP contribution in [0.4, 0.5) is 0 Å². The first kappa shape index (κ1) is 13.9. The van der Waals surface area contributed by atoms with E-state index in [0.717, 1.165) is 12.8 Å². The number of hydrogen-bond acceptors (Lipinski definition) is 4. The highest BCUT2D eigenvalue weighted by Gasteiger charge is 2.22. The van der Waals surface area contributed by atoms with Crippen LogP contribution in [0.25, 0.3) is 0 Å². The van der Waals surface area contributed by atoms with Crippen LogP contribution in [0.15, 0.2) is 0 Å². The summed E-state index contributed by atoms with van der Waals surface area (Å²) >= 11 is 0. The van der Waals surface area contributed by atoms with Gasteiger partial charge in [0.15, 0.2) is 0 Å². The maximum atomic E-state index is 9.10. The average Bonchev–Trinajstić information content (AvgIpc) is 2.53. The molecule has 88 valence electrons. The molecule has 1 rings (SSSR count). The maximum Gasteiger partial charge on any atom is 0.414 e. The summed E-state index contributed by atoms with van der Waals surface area (Å²) in [5, 5.41) is 23.4. The summed E-state index contributed by atoms with van der Waals surface area (Å²) < 4.78 is 0. The highest BCUT2D eigenvalue weighted by molar-refractivity contribution is 6.27. The van der Waals surface area contributed by atoms with Gasteiger partial charge in [-0.2, -0.15) is 0 Å². The fraction of sp³-hybridized carbons (Fsp3) is 0.778. The predicted molar refractivity (Wildman–Crippen MR) is 52.3 cm³/mol. The van der Waals surface area contributed by atoms with Crippen LogP contribution in [0.1, 0.15) is 25.7 Å². The number of aliphatic hydroxyl groups excluding tert-OH is 1. The fourth-order valence-corrected chi connectivity index (χ4v) is 1.59. The van der Waals surface area contributed by atoms with Gasteiger partial charge >= 0.3 is 11.9 Å². The number of aliphatic carboxylic acids is 2. The molecule has 2 unspecified atom stereocenters. The Morgan fingerprint density at radius 2 is 1.73 bits per heavy atom. The van der Waals surface area contributed by atoms with Gasteiger partial charge in [-0.3, -0.25) is 0 Å². The molecule has 0 aromatic heterocycles. The first-order chi connectivity index (χ1) is 6.99. The molecule has 0 aromatic carbocycles. The van der Waals surface area contributed by atoms with Gasteiger partial charge in [0.05, 0.1) is 0 Å². The first-order valence-corrected chi connectivity index (χ1v) is 4.81. The Labute approximate surface area is 87.7 Å². The van der Waals surface area contributed by atoms with Crippen molar-refractivity contribution < 1.29 is 24.9 Å². The lowest BCUT2D eigenvalue weighted by Crippen LogP contribution is -2.24. The normalized spacial score (nSPS) is 24.1. The third-order valence-electron chi connectivity index (χ3n) is 2.40. The average molecular weight is 219 g/mol. The summed E-state index contributed by atoms with van der Waals surface area (Å²) in [6.45, 7) is 0.304. The Morgan fingerprint density at radius 3 is 2.00 bits per heavy atom. The minimum absolute atomic E-state index is 0.304. The van der Waals surface area contributed by atoms with Crippen molar-refractivity contribution in [3.8, 4) is 0 Å². The predicted octanol–water partition coefficient (Wildman–Crippen LogP) is -0.348. The maximum absolute atomic E-state index is 9.10. The summed E-state index contributed by atoms with van der Waals surface area (Å²) in [7, 11) is 0. The molecule has 6 heteroatoms. The van der Waals surface area contributed by atoms with Crippen molar-refractivity contribution in [3.63, 3.8) is 0 Å². The van der Waals surface area contributed by atoms with E-state index in [1.165, 1.54) is 12.8 Å². The molecule has 6 nitrogen and oxygen atoms in total. The Bertz CT molecular complexity index is 207. The SMILES string of the molecule is NC1CCCC1CCO.O=C(O)C(=O)O. The van der Waals surface area contributed by atoms with Crippen LogP contribution in [0.5, 0.6) is 0 Å². The van der Waals surface area contributed by atoms with Crippen molar-refractivity contribution in [2.45, 2.75) is 31.7 Å². The molecule has 0 spiro atoms. The standard InChI is InChI=1S/C7H15NO.C2H2O4/c8-7-3-1-2-6(7)4-5-9;3-1(4)2(5)6/h6-7,9H,1-5,8H2;(H,3,4)(H,5,6). The first-order valence-electron chi connectivity index (χ1n) is 4.81. The molecule has 0 heterocycles. The van der Waals surface area contributed by atoms with Crippen LogP contribution in [-0.2, 0) is 9.59 Å². The summed E-state index contributed by atoms with van der Waals surface area (Å²) in [5.74, 6) is -3.04. The smallest absolute Gasteiger partial charge is 0.414 e. The Balaban J connectivity index is 0.000000288. The largest absolute Gasteiger partial charge is 0.473 e. The van der Waals surface area contributed by atoms with E-state index in [1.54, 1.807) is 0 Å². The lowest BCUT2D eigenvalue weighted by atomic mass is 10.0. The summed E-state index contributed by atoms with van der Waals surface area (Å²) in [5.41, 5.74) is 5.75. The molecule has 1 aliphatic carbocycles. The zero-order valence-corrected chi connectivity index (χ0v) is 8.43. The van der Waals surface area contributed by atoms with Gasteiger partial charge in [-0.1, -0.05) is 6.42 Å². The van der Waals surface area contributed by atoms with Crippen molar-refractivity contribution >= 4 is 11.9 Å². The number of nitrogens with two attached hydrogens (primary N) is 1. The monoisotopic (exact) mass is 219 g/mol. The molecule has 0 aliphatic heterocycles. The molecular formula is C9H17NO5. The highest BCUT2D eigenvalue weighted by Crippen LogP contribution is 2.25. The number of carboxylic acid groups (broad SMARTS) is 2. The van der Waals surface area contributed by atoms with Gasteiger partial charge in [0, 0.05) is 12.6 Å². The molecule has 0 amide bonds. The van der Waals surface area contributed by atoms with Crippen LogP contribution in [-0.4, -0.2) is 39.9 Å². The van der Waals surface area contributed by atoms with Gasteiger partial charge in [-0.05, 0) is 25.2 Å². The van der Waals surface area contributed by atoms with E-state index in [-0.39, 0.29) is 0 Å². The highest BCUT2D eigenvalue weighted by atomic mass is 16.4. The van der Waals surface area contributed by atoms with Crippen LogP contribution < -0.4 is 5.73 Å². The molecule has 1 saturated carbocycles. The van der Waals surface area contributed by atoms with E-state index in [1.807, 2.05) is 0 Å². The van der Waals surface area contributed by atoms with Crippen molar-refractivity contribution in [2.24, 2.45) is 11.7 Å². The molecule has 0 saturated heterocycles. The van der Waals surface area contributed by atoms with Crippen molar-refractivity contribution in [1.82, 2.24) is 0 Å². The molecular weight excluding hydrogens is 202 g/mol. The molecule has 15 heavy (non-hydrogen) atoms. The minimum Gasteiger partial charge on any atom is -0.473 e. The Morgan fingerprint density at radius 1 is 1.20 bits per heavy atom. The van der Waals surface area contributed by atoms with E-state index in [2.05, 4.69) is 0 Å². The summed E-state index contributed by atoms with van der Waals surface area (Å²) in [6, 6.07) is 0.372. The van der Waals surface area contributed by atoms with Gasteiger partial charge in [0.2, 0.25) is 0 Å².